The molecule has 0 bridgehead atoms. The fourth-order valence-corrected chi connectivity index (χ4v) is 5.09. The lowest BCUT2D eigenvalue weighted by atomic mass is 9.91. The second kappa shape index (κ2) is 11.4. The third-order valence-corrected chi connectivity index (χ3v) is 7.59. The maximum absolute atomic E-state index is 12.9. The van der Waals surface area contributed by atoms with Gasteiger partial charge in [0, 0.05) is 44.1 Å². The number of halogens is 2. The van der Waals surface area contributed by atoms with Crippen molar-refractivity contribution in [2.75, 3.05) is 49.1 Å². The molecule has 6 nitrogen and oxygen atoms in total. The minimum atomic E-state index is -0.632. The fourth-order valence-electron chi connectivity index (χ4n) is 4.68. The van der Waals surface area contributed by atoms with Crippen LogP contribution >= 0.6 is 23.2 Å². The van der Waals surface area contributed by atoms with Gasteiger partial charge in [-0.25, -0.2) is 4.90 Å². The van der Waals surface area contributed by atoms with E-state index in [0.717, 1.165) is 56.8 Å². The third kappa shape index (κ3) is 6.16. The summed E-state index contributed by atoms with van der Waals surface area (Å²) < 4.78 is 6.01. The summed E-state index contributed by atoms with van der Waals surface area (Å²) in [6.45, 7) is 10.9. The van der Waals surface area contributed by atoms with Gasteiger partial charge in [0.25, 0.3) is 0 Å². The monoisotopic (exact) mass is 531 g/mol. The zero-order valence-electron chi connectivity index (χ0n) is 21.4. The van der Waals surface area contributed by atoms with E-state index in [9.17, 15) is 9.59 Å². The number of ether oxygens (including phenoxy) is 1. The van der Waals surface area contributed by atoms with Crippen molar-refractivity contribution in [3.05, 3.63) is 52.0 Å². The highest BCUT2D eigenvalue weighted by molar-refractivity contribution is 6.43. The van der Waals surface area contributed by atoms with E-state index in [0.29, 0.717) is 40.9 Å². The van der Waals surface area contributed by atoms with Crippen LogP contribution in [0.4, 0.5) is 11.4 Å². The number of amides is 2. The van der Waals surface area contributed by atoms with Crippen LogP contribution in [-0.2, 0) is 16.0 Å². The van der Waals surface area contributed by atoms with Crippen LogP contribution in [-0.4, -0.2) is 56.0 Å². The van der Waals surface area contributed by atoms with Crippen LogP contribution in [0.5, 0.6) is 5.75 Å². The van der Waals surface area contributed by atoms with Gasteiger partial charge in [0.1, 0.15) is 5.75 Å². The molecule has 8 heteroatoms. The van der Waals surface area contributed by atoms with Gasteiger partial charge in [0.2, 0.25) is 11.8 Å². The molecule has 194 valence electrons. The Hall–Kier alpha value is -2.28. The summed E-state index contributed by atoms with van der Waals surface area (Å²) in [4.78, 5) is 31.6. The minimum absolute atomic E-state index is 0.141. The van der Waals surface area contributed by atoms with Crippen molar-refractivity contribution in [3.63, 3.8) is 0 Å². The van der Waals surface area contributed by atoms with E-state index in [1.165, 1.54) is 4.90 Å². The standard InChI is InChI=1S/C28H35Cl2N3O3/c1-28(2,3)27(35)33-24-19-21(11-9-20(24)10-12-25(33)34)36-18-5-4-13-31-14-16-32(17-15-31)23-8-6-7-22(29)26(23)30/h6-9,11,19H,4-5,10,12-18H2,1-3H3. The molecule has 0 N–H and O–H groups in total. The first-order valence-electron chi connectivity index (χ1n) is 12.7. The summed E-state index contributed by atoms with van der Waals surface area (Å²) in [6, 6.07) is 11.5. The maximum atomic E-state index is 12.9. The summed E-state index contributed by atoms with van der Waals surface area (Å²) in [5, 5.41) is 1.22. The van der Waals surface area contributed by atoms with Crippen molar-refractivity contribution in [3.8, 4) is 5.75 Å². The summed E-state index contributed by atoms with van der Waals surface area (Å²) >= 11 is 12.6. The van der Waals surface area contributed by atoms with Crippen LogP contribution in [0.3, 0.4) is 0 Å². The Balaban J connectivity index is 1.24. The topological polar surface area (TPSA) is 53.1 Å². The lowest BCUT2D eigenvalue weighted by Gasteiger charge is -2.36. The molecule has 0 aromatic heterocycles. The Labute approximate surface area is 224 Å². The number of carbonyl (C=O) groups is 2. The molecule has 2 aromatic rings. The number of piperazine rings is 1. The maximum Gasteiger partial charge on any atom is 0.239 e. The van der Waals surface area contributed by atoms with Crippen LogP contribution in [0.2, 0.25) is 10.0 Å². The number of fused-ring (bicyclic) bond motifs is 1. The number of carbonyl (C=O) groups excluding carboxylic acids is 2. The van der Waals surface area contributed by atoms with Crippen LogP contribution in [0, 0.1) is 5.41 Å². The predicted molar refractivity (Wildman–Crippen MR) is 147 cm³/mol. The highest BCUT2D eigenvalue weighted by atomic mass is 35.5. The lowest BCUT2D eigenvalue weighted by Crippen LogP contribution is -2.46. The number of anilines is 2. The highest BCUT2D eigenvalue weighted by Crippen LogP contribution is 2.35. The summed E-state index contributed by atoms with van der Waals surface area (Å²) in [7, 11) is 0. The van der Waals surface area contributed by atoms with Crippen molar-refractivity contribution < 1.29 is 14.3 Å². The van der Waals surface area contributed by atoms with Crippen LogP contribution in [0.1, 0.15) is 45.6 Å². The van der Waals surface area contributed by atoms with E-state index in [1.807, 2.05) is 57.2 Å². The Kier molecular flexibility index (Phi) is 8.48. The number of hydrogen-bond acceptors (Lipinski definition) is 5. The van der Waals surface area contributed by atoms with Gasteiger partial charge >= 0.3 is 0 Å². The van der Waals surface area contributed by atoms with Gasteiger partial charge in [-0.05, 0) is 49.6 Å². The number of imide groups is 1. The average molecular weight is 533 g/mol. The lowest BCUT2D eigenvalue weighted by molar-refractivity contribution is -0.131. The largest absolute Gasteiger partial charge is 0.494 e. The van der Waals surface area contributed by atoms with E-state index < -0.39 is 5.41 Å². The normalized spacial score (nSPS) is 16.8. The molecular weight excluding hydrogens is 497 g/mol. The molecular formula is C28H35Cl2N3O3. The van der Waals surface area contributed by atoms with Crippen LogP contribution < -0.4 is 14.5 Å². The number of rotatable bonds is 7. The molecule has 0 spiro atoms. The van der Waals surface area contributed by atoms with Crippen molar-refractivity contribution in [1.82, 2.24) is 4.90 Å². The van der Waals surface area contributed by atoms with E-state index in [-0.39, 0.29) is 11.8 Å². The molecule has 2 aromatic carbocycles. The average Bonchev–Trinajstić information content (AvgIpc) is 2.85. The van der Waals surface area contributed by atoms with E-state index in [2.05, 4.69) is 9.80 Å². The van der Waals surface area contributed by atoms with Crippen LogP contribution in [0.25, 0.3) is 0 Å². The molecule has 1 saturated heterocycles. The molecule has 2 amide bonds. The van der Waals surface area contributed by atoms with Gasteiger partial charge < -0.3 is 9.64 Å². The van der Waals surface area contributed by atoms with Crippen LogP contribution in [0.15, 0.2) is 36.4 Å². The summed E-state index contributed by atoms with van der Waals surface area (Å²) in [5.74, 6) is 0.378. The molecule has 2 heterocycles. The van der Waals surface area contributed by atoms with Crippen molar-refractivity contribution in [1.29, 1.82) is 0 Å². The Morgan fingerprint density at radius 3 is 2.44 bits per heavy atom. The number of unbranched alkanes of at least 4 members (excludes halogenated alkanes) is 1. The number of benzene rings is 2. The SMILES string of the molecule is CC(C)(C)C(=O)N1C(=O)CCc2ccc(OCCCCN3CCN(c4cccc(Cl)c4Cl)CC3)cc21. The fraction of sp³-hybridized carbons (Fsp3) is 0.500. The van der Waals surface area contributed by atoms with Gasteiger partial charge in [-0.15, -0.1) is 0 Å². The molecule has 0 aliphatic carbocycles. The van der Waals surface area contributed by atoms with Gasteiger partial charge in [-0.1, -0.05) is 56.1 Å². The number of aryl methyl sites for hydroxylation is 1. The molecule has 4 rings (SSSR count). The molecule has 0 unspecified atom stereocenters. The number of nitrogens with zero attached hydrogens (tertiary/aromatic N) is 3. The Morgan fingerprint density at radius 1 is 0.972 bits per heavy atom. The third-order valence-electron chi connectivity index (χ3n) is 6.78. The van der Waals surface area contributed by atoms with Gasteiger partial charge in [-0.2, -0.15) is 0 Å². The van der Waals surface area contributed by atoms with Crippen molar-refractivity contribution in [2.45, 2.75) is 46.5 Å². The first kappa shape index (κ1) is 26.8. The molecule has 0 atom stereocenters. The molecule has 0 saturated carbocycles. The molecule has 2 aliphatic rings. The van der Waals surface area contributed by atoms with E-state index in [4.69, 9.17) is 27.9 Å². The molecule has 2 aliphatic heterocycles. The van der Waals surface area contributed by atoms with Gasteiger partial charge in [-0.3, -0.25) is 14.5 Å². The summed E-state index contributed by atoms with van der Waals surface area (Å²) in [5.41, 5.74) is 2.05. The Morgan fingerprint density at radius 2 is 1.72 bits per heavy atom. The second-order valence-electron chi connectivity index (χ2n) is 10.5. The quantitative estimate of drug-likeness (QED) is 0.421. The minimum Gasteiger partial charge on any atom is -0.494 e. The Bertz CT molecular complexity index is 1110. The first-order valence-corrected chi connectivity index (χ1v) is 13.4. The first-order chi connectivity index (χ1) is 17.1. The predicted octanol–water partition coefficient (Wildman–Crippen LogP) is 5.83. The van der Waals surface area contributed by atoms with Gasteiger partial charge in [0.15, 0.2) is 0 Å². The van der Waals surface area contributed by atoms with E-state index in [1.54, 1.807) is 0 Å². The highest BCUT2D eigenvalue weighted by Gasteiger charge is 2.36. The van der Waals surface area contributed by atoms with Gasteiger partial charge in [0.05, 0.1) is 28.0 Å². The summed E-state index contributed by atoms with van der Waals surface area (Å²) in [6.07, 6.45) is 2.98. The molecule has 36 heavy (non-hydrogen) atoms. The molecule has 1 fully saturated rings. The molecule has 0 radical (unpaired) electrons. The van der Waals surface area contributed by atoms with Crippen molar-refractivity contribution in [2.24, 2.45) is 5.41 Å². The smallest absolute Gasteiger partial charge is 0.239 e. The van der Waals surface area contributed by atoms with E-state index >= 15 is 0 Å². The second-order valence-corrected chi connectivity index (χ2v) is 11.3. The number of hydrogen-bond donors (Lipinski definition) is 0. The zero-order chi connectivity index (χ0) is 25.9. The zero-order valence-corrected chi connectivity index (χ0v) is 22.9. The van der Waals surface area contributed by atoms with Crippen molar-refractivity contribution >= 4 is 46.4 Å².